The molecule has 18 heavy (non-hydrogen) atoms. The second-order valence-electron chi connectivity index (χ2n) is 3.12. The van der Waals surface area contributed by atoms with Crippen LogP contribution >= 0.6 is 11.6 Å². The van der Waals surface area contributed by atoms with Crippen LogP contribution in [0.15, 0.2) is 30.6 Å². The number of carbonyl (C=O) groups excluding carboxylic acids is 1. The highest BCUT2D eigenvalue weighted by molar-refractivity contribution is 6.31. The molecule has 2 aromatic rings. The van der Waals surface area contributed by atoms with Crippen LogP contribution in [0.25, 0.3) is 0 Å². The van der Waals surface area contributed by atoms with E-state index in [0.717, 1.165) is 6.33 Å². The van der Waals surface area contributed by atoms with E-state index in [1.165, 1.54) is 18.2 Å². The van der Waals surface area contributed by atoms with Gasteiger partial charge >= 0.3 is 6.09 Å². The van der Waals surface area contributed by atoms with Crippen LogP contribution in [-0.2, 0) is 11.2 Å². The van der Waals surface area contributed by atoms with E-state index >= 15 is 0 Å². The number of carbonyl (C=O) groups is 1. The number of aromatic nitrogens is 4. The molecule has 0 aliphatic heterocycles. The third-order valence-electron chi connectivity index (χ3n) is 1.94. The van der Waals surface area contributed by atoms with E-state index in [2.05, 4.69) is 15.4 Å². The van der Waals surface area contributed by atoms with E-state index in [0.29, 0.717) is 4.80 Å². The van der Waals surface area contributed by atoms with Crippen LogP contribution in [0.5, 0.6) is 0 Å². The largest absolute Gasteiger partial charge is 0.439 e. The summed E-state index contributed by atoms with van der Waals surface area (Å²) in [6, 6.07) is 4.14. The minimum Gasteiger partial charge on any atom is -0.439 e. The number of benzene rings is 1. The standard InChI is InChI=1S/C10H10ClN5O2/c11-8-4-2-1-3-7(8)9(18-10(12)17)5-16-14-6-13-15-16/h1-4,6,9H,5H2,(H2,12,17)/t9-/m0/s1/i1D,5D2. The van der Waals surface area contributed by atoms with Crippen LogP contribution < -0.4 is 5.73 Å². The molecule has 0 saturated heterocycles. The Morgan fingerprint density at radius 1 is 1.72 bits per heavy atom. The van der Waals surface area contributed by atoms with E-state index < -0.39 is 18.7 Å². The summed E-state index contributed by atoms with van der Waals surface area (Å²) in [7, 11) is 0. The number of halogens is 1. The molecular weight excluding hydrogens is 258 g/mol. The van der Waals surface area contributed by atoms with Crippen LogP contribution in [0.4, 0.5) is 4.79 Å². The summed E-state index contributed by atoms with van der Waals surface area (Å²) in [5.74, 6) is 0. The smallest absolute Gasteiger partial charge is 0.405 e. The quantitative estimate of drug-likeness (QED) is 0.899. The lowest BCUT2D eigenvalue weighted by molar-refractivity contribution is 0.0901. The van der Waals surface area contributed by atoms with Crippen molar-refractivity contribution < 1.29 is 13.6 Å². The van der Waals surface area contributed by atoms with Gasteiger partial charge in [0.1, 0.15) is 6.50 Å². The Hall–Kier alpha value is -2.15. The van der Waals surface area contributed by atoms with Gasteiger partial charge in [-0.25, -0.2) is 4.79 Å². The SMILES string of the molecule is [2H]c1ccc(Cl)c([C@@H](OC(N)=O)C([2H])([2H])n2ncnn2)c1. The molecule has 2 rings (SSSR count). The molecule has 2 N–H and O–H groups in total. The van der Waals surface area contributed by atoms with Gasteiger partial charge in [-0.15, -0.1) is 10.2 Å². The number of rotatable bonds is 4. The molecule has 1 amide bonds. The first-order valence-corrected chi connectivity index (χ1v) is 5.15. The summed E-state index contributed by atoms with van der Waals surface area (Å²) in [5, 5.41) is 10.6. The third-order valence-corrected chi connectivity index (χ3v) is 2.28. The Kier molecular flexibility index (Phi) is 2.69. The molecule has 0 fully saturated rings. The van der Waals surface area contributed by atoms with E-state index in [1.807, 2.05) is 0 Å². The number of hydrogen-bond acceptors (Lipinski definition) is 5. The molecule has 1 atom stereocenters. The highest BCUT2D eigenvalue weighted by Gasteiger charge is 2.19. The molecule has 0 unspecified atom stereocenters. The first-order valence-electron chi connectivity index (χ1n) is 6.28. The van der Waals surface area contributed by atoms with Gasteiger partial charge in [0, 0.05) is 10.6 Å². The van der Waals surface area contributed by atoms with Crippen LogP contribution in [0, 0.1) is 0 Å². The van der Waals surface area contributed by atoms with Crippen molar-refractivity contribution in [1.29, 1.82) is 0 Å². The second kappa shape index (κ2) is 5.46. The lowest BCUT2D eigenvalue weighted by Crippen LogP contribution is -2.22. The highest BCUT2D eigenvalue weighted by atomic mass is 35.5. The minimum atomic E-state index is -2.40. The fourth-order valence-electron chi connectivity index (χ4n) is 1.23. The second-order valence-corrected chi connectivity index (χ2v) is 3.53. The Bertz CT molecular complexity index is 652. The maximum absolute atomic E-state index is 11.1. The number of nitrogens with two attached hydrogens (primary N) is 1. The maximum Gasteiger partial charge on any atom is 0.405 e. The fraction of sp³-hybridized carbons (Fsp3) is 0.200. The van der Waals surface area contributed by atoms with Gasteiger partial charge in [0.05, 0.1) is 4.11 Å². The number of ether oxygens (including phenoxy) is 1. The molecule has 0 saturated carbocycles. The summed E-state index contributed by atoms with van der Waals surface area (Å²) in [5.41, 5.74) is 5.06. The lowest BCUT2D eigenvalue weighted by atomic mass is 10.1. The number of amides is 1. The molecule has 1 aromatic carbocycles. The summed E-state index contributed by atoms with van der Waals surface area (Å²) in [6.07, 6.45) is -1.71. The number of hydrogen-bond donors (Lipinski definition) is 1. The Balaban J connectivity index is 2.53. The monoisotopic (exact) mass is 270 g/mol. The minimum absolute atomic E-state index is 0.0646. The van der Waals surface area contributed by atoms with Crippen LogP contribution in [0.2, 0.25) is 5.02 Å². The lowest BCUT2D eigenvalue weighted by Gasteiger charge is -2.17. The number of nitrogens with zero attached hydrogens (tertiary/aromatic N) is 4. The van der Waals surface area contributed by atoms with Crippen molar-refractivity contribution in [2.45, 2.75) is 12.6 Å². The van der Waals surface area contributed by atoms with E-state index in [9.17, 15) is 4.79 Å². The Morgan fingerprint density at radius 3 is 3.22 bits per heavy atom. The molecule has 1 aromatic heterocycles. The average Bonchev–Trinajstić information content (AvgIpc) is 2.93. The van der Waals surface area contributed by atoms with Crippen molar-refractivity contribution in [3.63, 3.8) is 0 Å². The summed E-state index contributed by atoms with van der Waals surface area (Å²) >= 11 is 5.99. The van der Waals surface area contributed by atoms with E-state index in [1.54, 1.807) is 0 Å². The van der Waals surface area contributed by atoms with Gasteiger partial charge in [0.15, 0.2) is 12.4 Å². The molecule has 0 aliphatic rings. The van der Waals surface area contributed by atoms with E-state index in [4.69, 9.17) is 26.2 Å². The molecule has 94 valence electrons. The normalized spacial score (nSPS) is 15.3. The summed E-state index contributed by atoms with van der Waals surface area (Å²) in [6.45, 7) is -2.40. The zero-order chi connectivity index (χ0) is 15.6. The highest BCUT2D eigenvalue weighted by Crippen LogP contribution is 2.26. The first-order chi connectivity index (χ1) is 9.82. The molecular formula is C10H10ClN5O2. The topological polar surface area (TPSA) is 95.9 Å². The van der Waals surface area contributed by atoms with Crippen LogP contribution in [-0.4, -0.2) is 26.3 Å². The van der Waals surface area contributed by atoms with Crippen molar-refractivity contribution in [3.8, 4) is 0 Å². The summed E-state index contributed by atoms with van der Waals surface area (Å²) < 4.78 is 28.5. The summed E-state index contributed by atoms with van der Waals surface area (Å²) in [4.78, 5) is 11.7. The first kappa shape index (κ1) is 8.87. The van der Waals surface area contributed by atoms with Gasteiger partial charge < -0.3 is 10.5 Å². The number of primary amides is 1. The van der Waals surface area contributed by atoms with Crippen molar-refractivity contribution in [3.05, 3.63) is 41.2 Å². The molecule has 0 radical (unpaired) electrons. The molecule has 0 bridgehead atoms. The average molecular weight is 271 g/mol. The zero-order valence-electron chi connectivity index (χ0n) is 11.9. The van der Waals surface area contributed by atoms with Gasteiger partial charge in [0.2, 0.25) is 0 Å². The van der Waals surface area contributed by atoms with Crippen molar-refractivity contribution in [2.24, 2.45) is 5.73 Å². The van der Waals surface area contributed by atoms with E-state index in [-0.39, 0.29) is 16.6 Å². The van der Waals surface area contributed by atoms with Crippen molar-refractivity contribution in [2.75, 3.05) is 0 Å². The van der Waals surface area contributed by atoms with Crippen molar-refractivity contribution >= 4 is 17.7 Å². The third kappa shape index (κ3) is 2.95. The zero-order valence-corrected chi connectivity index (χ0v) is 9.70. The maximum atomic E-state index is 11.1. The predicted octanol–water partition coefficient (Wildman–Crippen LogP) is 1.16. The molecule has 8 heteroatoms. The van der Waals surface area contributed by atoms with Gasteiger partial charge in [0.25, 0.3) is 0 Å². The Labute approximate surface area is 112 Å². The fourth-order valence-corrected chi connectivity index (χ4v) is 1.45. The van der Waals surface area contributed by atoms with Crippen LogP contribution in [0.3, 0.4) is 0 Å². The van der Waals surface area contributed by atoms with Gasteiger partial charge in [-0.2, -0.15) is 4.80 Å². The molecule has 7 nitrogen and oxygen atoms in total. The van der Waals surface area contributed by atoms with Gasteiger partial charge in [-0.05, 0) is 11.3 Å². The Morgan fingerprint density at radius 2 is 2.56 bits per heavy atom. The van der Waals surface area contributed by atoms with Crippen molar-refractivity contribution in [1.82, 2.24) is 20.2 Å². The van der Waals surface area contributed by atoms with Gasteiger partial charge in [-0.3, -0.25) is 0 Å². The van der Waals surface area contributed by atoms with Gasteiger partial charge in [-0.1, -0.05) is 29.8 Å². The molecule has 1 heterocycles. The van der Waals surface area contributed by atoms with Crippen LogP contribution in [0.1, 0.15) is 15.8 Å². The molecule has 0 spiro atoms. The number of tetrazole rings is 1. The predicted molar refractivity (Wildman–Crippen MR) is 62.7 cm³/mol. The molecule has 0 aliphatic carbocycles.